The number of hydrogen-bond acceptors (Lipinski definition) is 3. The lowest BCUT2D eigenvalue weighted by Gasteiger charge is -2.23. The maximum atomic E-state index is 12.8. The van der Waals surface area contributed by atoms with E-state index in [2.05, 4.69) is 10.3 Å². The van der Waals surface area contributed by atoms with Gasteiger partial charge in [-0.25, -0.2) is 13.6 Å². The standard InChI is InChI=1S/C20H23N3O3S/c1-20(2,17-13-23-18-6-4-3-5-16(17)18)19(24)22-12-11-14-7-9-15(10-8-14)27(21,25)26/h3-10,13,23H,11-12H2,1-2H3,(H,22,24)(H2,21,25,26). The first kappa shape index (κ1) is 19.1. The second-order valence-electron chi connectivity index (χ2n) is 7.07. The monoisotopic (exact) mass is 385 g/mol. The summed E-state index contributed by atoms with van der Waals surface area (Å²) in [5.74, 6) is -0.0617. The lowest BCUT2D eigenvalue weighted by Crippen LogP contribution is -2.40. The van der Waals surface area contributed by atoms with Crippen molar-refractivity contribution in [2.24, 2.45) is 5.14 Å². The normalized spacial score (nSPS) is 12.3. The molecule has 0 radical (unpaired) electrons. The number of nitrogens with two attached hydrogens (primary N) is 1. The molecule has 3 aromatic rings. The molecule has 0 saturated heterocycles. The topological polar surface area (TPSA) is 105 Å². The van der Waals surface area contributed by atoms with Crippen LogP contribution in [0.25, 0.3) is 10.9 Å². The highest BCUT2D eigenvalue weighted by Gasteiger charge is 2.31. The number of primary sulfonamides is 1. The van der Waals surface area contributed by atoms with Crippen LogP contribution in [0.3, 0.4) is 0 Å². The zero-order valence-electron chi connectivity index (χ0n) is 15.3. The molecule has 0 aliphatic rings. The van der Waals surface area contributed by atoms with Crippen LogP contribution in [0.15, 0.2) is 59.6 Å². The van der Waals surface area contributed by atoms with E-state index >= 15 is 0 Å². The van der Waals surface area contributed by atoms with Gasteiger partial charge in [-0.3, -0.25) is 4.79 Å². The summed E-state index contributed by atoms with van der Waals surface area (Å²) in [6.07, 6.45) is 2.48. The summed E-state index contributed by atoms with van der Waals surface area (Å²) in [5.41, 5.74) is 2.20. The Labute approximate surface area is 158 Å². The maximum absolute atomic E-state index is 12.8. The number of rotatable bonds is 6. The molecule has 1 aromatic heterocycles. The van der Waals surface area contributed by atoms with Crippen LogP contribution in [0.2, 0.25) is 0 Å². The second kappa shape index (κ2) is 7.17. The van der Waals surface area contributed by atoms with Crippen LogP contribution in [0.5, 0.6) is 0 Å². The number of aromatic nitrogens is 1. The summed E-state index contributed by atoms with van der Waals surface area (Å²) in [5, 5.41) is 9.10. The smallest absolute Gasteiger partial charge is 0.238 e. The van der Waals surface area contributed by atoms with Crippen molar-refractivity contribution in [2.45, 2.75) is 30.6 Å². The Hall–Kier alpha value is -2.64. The number of sulfonamides is 1. The number of para-hydroxylation sites is 1. The van der Waals surface area contributed by atoms with Crippen LogP contribution >= 0.6 is 0 Å². The highest BCUT2D eigenvalue weighted by atomic mass is 32.2. The Morgan fingerprint density at radius 3 is 2.44 bits per heavy atom. The quantitative estimate of drug-likeness (QED) is 0.607. The third-order valence-electron chi connectivity index (χ3n) is 4.78. The van der Waals surface area contributed by atoms with Gasteiger partial charge in [0, 0.05) is 23.6 Å². The van der Waals surface area contributed by atoms with Crippen molar-refractivity contribution in [3.05, 3.63) is 65.9 Å². The minimum atomic E-state index is -3.69. The number of carbonyl (C=O) groups excluding carboxylic acids is 1. The first-order chi connectivity index (χ1) is 12.7. The molecular formula is C20H23N3O3S. The fourth-order valence-corrected chi connectivity index (χ4v) is 3.61. The molecule has 0 spiro atoms. The van der Waals surface area contributed by atoms with Gasteiger partial charge < -0.3 is 10.3 Å². The Morgan fingerprint density at radius 1 is 1.11 bits per heavy atom. The molecular weight excluding hydrogens is 362 g/mol. The third-order valence-corrected chi connectivity index (χ3v) is 5.71. The predicted octanol–water partition coefficient (Wildman–Crippen LogP) is 2.45. The molecule has 142 valence electrons. The van der Waals surface area contributed by atoms with Gasteiger partial charge in [0.05, 0.1) is 10.3 Å². The van der Waals surface area contributed by atoms with Crippen LogP contribution in [0, 0.1) is 0 Å². The van der Waals surface area contributed by atoms with Crippen LogP contribution in [-0.4, -0.2) is 25.9 Å². The average molecular weight is 385 g/mol. The van der Waals surface area contributed by atoms with E-state index in [1.54, 1.807) is 12.1 Å². The number of carbonyl (C=O) groups is 1. The number of aromatic amines is 1. The minimum absolute atomic E-state index is 0.0617. The van der Waals surface area contributed by atoms with Crippen LogP contribution in [0.4, 0.5) is 0 Å². The number of amides is 1. The number of hydrogen-bond donors (Lipinski definition) is 3. The summed E-state index contributed by atoms with van der Waals surface area (Å²) in [7, 11) is -3.69. The van der Waals surface area contributed by atoms with E-state index in [-0.39, 0.29) is 10.8 Å². The maximum Gasteiger partial charge on any atom is 0.238 e. The molecule has 27 heavy (non-hydrogen) atoms. The van der Waals surface area contributed by atoms with Gasteiger partial charge in [-0.15, -0.1) is 0 Å². The van der Waals surface area contributed by atoms with Gasteiger partial charge in [-0.1, -0.05) is 30.3 Å². The van der Waals surface area contributed by atoms with Crippen molar-refractivity contribution in [1.29, 1.82) is 0 Å². The molecule has 0 saturated carbocycles. The summed E-state index contributed by atoms with van der Waals surface area (Å²) in [6, 6.07) is 14.3. The number of H-pyrrole nitrogens is 1. The first-order valence-corrected chi connectivity index (χ1v) is 10.2. The highest BCUT2D eigenvalue weighted by molar-refractivity contribution is 7.89. The van der Waals surface area contributed by atoms with Gasteiger partial charge in [0.1, 0.15) is 0 Å². The van der Waals surface area contributed by atoms with Crippen molar-refractivity contribution in [3.63, 3.8) is 0 Å². The molecule has 4 N–H and O–H groups in total. The average Bonchev–Trinajstić information content (AvgIpc) is 3.06. The molecule has 0 unspecified atom stereocenters. The Bertz CT molecular complexity index is 1070. The lowest BCUT2D eigenvalue weighted by molar-refractivity contribution is -0.125. The van der Waals surface area contributed by atoms with E-state index < -0.39 is 15.4 Å². The van der Waals surface area contributed by atoms with Gasteiger partial charge in [0.2, 0.25) is 15.9 Å². The van der Waals surface area contributed by atoms with Crippen molar-refractivity contribution >= 4 is 26.8 Å². The van der Waals surface area contributed by atoms with Crippen LogP contribution in [-0.2, 0) is 26.7 Å². The van der Waals surface area contributed by atoms with Gasteiger partial charge >= 0.3 is 0 Å². The molecule has 1 amide bonds. The van der Waals surface area contributed by atoms with E-state index in [1.165, 1.54) is 12.1 Å². The van der Waals surface area contributed by atoms with Gasteiger partial charge in [0.15, 0.2) is 0 Å². The van der Waals surface area contributed by atoms with Crippen LogP contribution < -0.4 is 10.5 Å². The molecule has 0 fully saturated rings. The zero-order valence-corrected chi connectivity index (χ0v) is 16.1. The molecule has 0 aliphatic carbocycles. The molecule has 1 heterocycles. The Kier molecular flexibility index (Phi) is 5.08. The second-order valence-corrected chi connectivity index (χ2v) is 8.63. The number of nitrogens with one attached hydrogen (secondary N) is 2. The summed E-state index contributed by atoms with van der Waals surface area (Å²) < 4.78 is 22.6. The molecule has 0 aliphatic heterocycles. The van der Waals surface area contributed by atoms with Gasteiger partial charge in [0.25, 0.3) is 0 Å². The Balaban J connectivity index is 1.65. The Morgan fingerprint density at radius 2 is 1.78 bits per heavy atom. The lowest BCUT2D eigenvalue weighted by atomic mass is 9.83. The van der Waals surface area contributed by atoms with E-state index in [0.29, 0.717) is 13.0 Å². The van der Waals surface area contributed by atoms with Gasteiger partial charge in [-0.05, 0) is 49.6 Å². The van der Waals surface area contributed by atoms with E-state index in [9.17, 15) is 13.2 Å². The summed E-state index contributed by atoms with van der Waals surface area (Å²) in [4.78, 5) is 16.1. The van der Waals surface area contributed by atoms with E-state index in [1.807, 2.05) is 44.3 Å². The van der Waals surface area contributed by atoms with E-state index in [4.69, 9.17) is 5.14 Å². The van der Waals surface area contributed by atoms with Crippen LogP contribution in [0.1, 0.15) is 25.0 Å². The molecule has 6 nitrogen and oxygen atoms in total. The molecule has 3 rings (SSSR count). The SMILES string of the molecule is CC(C)(C(=O)NCCc1ccc(S(N)(=O)=O)cc1)c1c[nH]c2ccccc12. The molecule has 0 atom stereocenters. The fraction of sp³-hybridized carbons (Fsp3) is 0.250. The fourth-order valence-electron chi connectivity index (χ4n) is 3.10. The molecule has 7 heteroatoms. The summed E-state index contributed by atoms with van der Waals surface area (Å²) in [6.45, 7) is 4.26. The van der Waals surface area contributed by atoms with Crippen molar-refractivity contribution in [3.8, 4) is 0 Å². The molecule has 2 aromatic carbocycles. The van der Waals surface area contributed by atoms with Crippen molar-refractivity contribution in [1.82, 2.24) is 10.3 Å². The van der Waals surface area contributed by atoms with E-state index in [0.717, 1.165) is 22.0 Å². The highest BCUT2D eigenvalue weighted by Crippen LogP contribution is 2.30. The first-order valence-electron chi connectivity index (χ1n) is 8.66. The van der Waals surface area contributed by atoms with Gasteiger partial charge in [-0.2, -0.15) is 0 Å². The number of benzene rings is 2. The van der Waals surface area contributed by atoms with Crippen molar-refractivity contribution < 1.29 is 13.2 Å². The zero-order chi connectivity index (χ0) is 19.7. The molecule has 0 bridgehead atoms. The van der Waals surface area contributed by atoms with Crippen molar-refractivity contribution in [2.75, 3.05) is 6.54 Å². The largest absolute Gasteiger partial charge is 0.361 e. The summed E-state index contributed by atoms with van der Waals surface area (Å²) >= 11 is 0. The predicted molar refractivity (Wildman–Crippen MR) is 106 cm³/mol. The number of fused-ring (bicyclic) bond motifs is 1. The minimum Gasteiger partial charge on any atom is -0.361 e. The third kappa shape index (κ3) is 4.04.